The van der Waals surface area contributed by atoms with Crippen molar-refractivity contribution in [1.82, 2.24) is 0 Å². The molecule has 3 heteroatoms. The zero-order valence-corrected chi connectivity index (χ0v) is 11.1. The van der Waals surface area contributed by atoms with E-state index < -0.39 is 0 Å². The van der Waals surface area contributed by atoms with Crippen molar-refractivity contribution >= 4 is 5.97 Å². The molecule has 0 N–H and O–H groups in total. The summed E-state index contributed by atoms with van der Waals surface area (Å²) in [5, 5.41) is 0. The van der Waals surface area contributed by atoms with Gasteiger partial charge in [0, 0.05) is 17.4 Å². The molecule has 0 aromatic heterocycles. The van der Waals surface area contributed by atoms with E-state index in [1.54, 1.807) is 0 Å². The molecule has 4 rings (SSSR count). The molecule has 0 unspecified atom stereocenters. The third-order valence-corrected chi connectivity index (χ3v) is 5.92. The number of hydrogen-bond donors (Lipinski definition) is 0. The first-order valence-electron chi connectivity index (χ1n) is 7.09. The lowest BCUT2D eigenvalue weighted by Crippen LogP contribution is -2.57. The standard InChI is InChI=1S/C15H20O3/c1-8-4-5-11-9(2)12(16)17-15(11)10(8)6-7-14(3)13(15)18-14/h8,10-11,13H,2,4-7H2,1,3H3/t8-,10+,11+,13-,14-,15-/m1/s1. The van der Waals surface area contributed by atoms with Crippen molar-refractivity contribution in [3.8, 4) is 0 Å². The zero-order chi connectivity index (χ0) is 12.7. The lowest BCUT2D eigenvalue weighted by Gasteiger charge is -2.49. The van der Waals surface area contributed by atoms with Gasteiger partial charge in [-0.05, 0) is 38.5 Å². The van der Waals surface area contributed by atoms with Crippen LogP contribution < -0.4 is 0 Å². The molecule has 18 heavy (non-hydrogen) atoms. The molecular formula is C15H20O3. The molecule has 0 aromatic carbocycles. The van der Waals surface area contributed by atoms with E-state index in [1.807, 2.05) is 0 Å². The average Bonchev–Trinajstić information content (AvgIpc) is 2.95. The molecule has 1 spiro atoms. The second kappa shape index (κ2) is 3.01. The van der Waals surface area contributed by atoms with Gasteiger partial charge in [-0.2, -0.15) is 0 Å². The van der Waals surface area contributed by atoms with Gasteiger partial charge in [0.15, 0.2) is 5.60 Å². The van der Waals surface area contributed by atoms with Gasteiger partial charge in [0.2, 0.25) is 0 Å². The van der Waals surface area contributed by atoms with Crippen molar-refractivity contribution < 1.29 is 14.3 Å². The zero-order valence-electron chi connectivity index (χ0n) is 11.1. The van der Waals surface area contributed by atoms with E-state index in [9.17, 15) is 4.79 Å². The number of epoxide rings is 1. The summed E-state index contributed by atoms with van der Waals surface area (Å²) in [4.78, 5) is 12.0. The number of hydrogen-bond acceptors (Lipinski definition) is 3. The van der Waals surface area contributed by atoms with Crippen LogP contribution in [0.4, 0.5) is 0 Å². The van der Waals surface area contributed by atoms with Gasteiger partial charge in [-0.1, -0.05) is 13.5 Å². The van der Waals surface area contributed by atoms with Gasteiger partial charge in [0.1, 0.15) is 6.10 Å². The third-order valence-electron chi connectivity index (χ3n) is 5.92. The summed E-state index contributed by atoms with van der Waals surface area (Å²) in [6.45, 7) is 8.43. The van der Waals surface area contributed by atoms with Crippen LogP contribution in [0, 0.1) is 17.8 Å². The molecule has 2 saturated heterocycles. The summed E-state index contributed by atoms with van der Waals surface area (Å²) < 4.78 is 11.9. The van der Waals surface area contributed by atoms with Gasteiger partial charge in [-0.3, -0.25) is 0 Å². The Morgan fingerprint density at radius 3 is 2.89 bits per heavy atom. The van der Waals surface area contributed by atoms with Crippen LogP contribution in [0.25, 0.3) is 0 Å². The summed E-state index contributed by atoms with van der Waals surface area (Å²) in [5.41, 5.74) is 0.266. The van der Waals surface area contributed by atoms with Gasteiger partial charge < -0.3 is 9.47 Å². The van der Waals surface area contributed by atoms with Crippen LogP contribution >= 0.6 is 0 Å². The highest BCUT2D eigenvalue weighted by Crippen LogP contribution is 2.66. The molecule has 6 atom stereocenters. The monoisotopic (exact) mass is 248 g/mol. The fourth-order valence-corrected chi connectivity index (χ4v) is 4.90. The highest BCUT2D eigenvalue weighted by atomic mass is 16.7. The fourth-order valence-electron chi connectivity index (χ4n) is 4.90. The Labute approximate surface area is 108 Å². The molecule has 0 bridgehead atoms. The maximum Gasteiger partial charge on any atom is 0.334 e. The number of rotatable bonds is 0. The molecule has 2 aliphatic carbocycles. The van der Waals surface area contributed by atoms with Gasteiger partial charge in [-0.25, -0.2) is 4.79 Å². The lowest BCUT2D eigenvalue weighted by molar-refractivity contribution is -0.168. The maximum absolute atomic E-state index is 12.0. The van der Waals surface area contributed by atoms with Crippen LogP contribution in [-0.2, 0) is 14.3 Å². The van der Waals surface area contributed by atoms with Crippen molar-refractivity contribution in [2.45, 2.75) is 56.8 Å². The van der Waals surface area contributed by atoms with Gasteiger partial charge in [0.25, 0.3) is 0 Å². The Bertz CT molecular complexity index is 457. The van der Waals surface area contributed by atoms with Crippen molar-refractivity contribution in [3.05, 3.63) is 12.2 Å². The highest BCUT2D eigenvalue weighted by Gasteiger charge is 2.76. The molecule has 3 nitrogen and oxygen atoms in total. The molecule has 4 aliphatic rings. The van der Waals surface area contributed by atoms with Gasteiger partial charge in [-0.15, -0.1) is 0 Å². The molecule has 2 heterocycles. The van der Waals surface area contributed by atoms with Crippen molar-refractivity contribution in [3.63, 3.8) is 0 Å². The average molecular weight is 248 g/mol. The van der Waals surface area contributed by atoms with Crippen LogP contribution in [0.2, 0.25) is 0 Å². The smallest absolute Gasteiger partial charge is 0.334 e. The number of carbonyl (C=O) groups is 1. The normalized spacial score (nSPS) is 57.4. The van der Waals surface area contributed by atoms with Gasteiger partial charge in [0.05, 0.1) is 5.60 Å². The number of ether oxygens (including phenoxy) is 2. The van der Waals surface area contributed by atoms with Crippen LogP contribution in [0.5, 0.6) is 0 Å². The first kappa shape index (κ1) is 11.0. The molecule has 0 amide bonds. The van der Waals surface area contributed by atoms with Crippen LogP contribution in [0.3, 0.4) is 0 Å². The third kappa shape index (κ3) is 1.04. The summed E-state index contributed by atoms with van der Waals surface area (Å²) in [7, 11) is 0. The minimum atomic E-state index is -0.376. The Morgan fingerprint density at radius 2 is 2.11 bits per heavy atom. The van der Waals surface area contributed by atoms with E-state index in [1.165, 1.54) is 6.42 Å². The van der Waals surface area contributed by atoms with Crippen molar-refractivity contribution in [2.24, 2.45) is 17.8 Å². The largest absolute Gasteiger partial charge is 0.452 e. The Morgan fingerprint density at radius 1 is 1.33 bits per heavy atom. The summed E-state index contributed by atoms with van der Waals surface area (Å²) in [5.74, 6) is 1.09. The Balaban J connectivity index is 1.83. The van der Waals surface area contributed by atoms with Crippen LogP contribution in [0.1, 0.15) is 39.5 Å². The topological polar surface area (TPSA) is 38.8 Å². The SMILES string of the molecule is C=C1C(=O)O[C@@]23[C@H]1CC[C@@H](C)[C@@H]2CC[C@@]1(C)O[C@@H]31. The molecule has 2 saturated carbocycles. The molecule has 0 aromatic rings. The van der Waals surface area contributed by atoms with E-state index in [0.29, 0.717) is 17.4 Å². The molecule has 98 valence electrons. The molecule has 0 radical (unpaired) electrons. The fraction of sp³-hybridized carbons (Fsp3) is 0.800. The second-order valence-electron chi connectivity index (χ2n) is 6.83. The summed E-state index contributed by atoms with van der Waals surface area (Å²) >= 11 is 0. The lowest BCUT2D eigenvalue weighted by atomic mass is 9.56. The predicted molar refractivity (Wildman–Crippen MR) is 65.9 cm³/mol. The Hall–Kier alpha value is -0.830. The first-order chi connectivity index (χ1) is 8.49. The summed E-state index contributed by atoms with van der Waals surface area (Å²) in [6.07, 6.45) is 4.53. The molecule has 2 aliphatic heterocycles. The highest BCUT2D eigenvalue weighted by molar-refractivity contribution is 5.92. The number of esters is 1. The van der Waals surface area contributed by atoms with Crippen molar-refractivity contribution in [2.75, 3.05) is 0 Å². The molecular weight excluding hydrogens is 228 g/mol. The maximum atomic E-state index is 12.0. The first-order valence-corrected chi connectivity index (χ1v) is 7.09. The van der Waals surface area contributed by atoms with Crippen molar-refractivity contribution in [1.29, 1.82) is 0 Å². The predicted octanol–water partition coefficient (Wildman–Crippen LogP) is 2.45. The van der Waals surface area contributed by atoms with Crippen LogP contribution in [-0.4, -0.2) is 23.3 Å². The molecule has 4 fully saturated rings. The minimum absolute atomic E-state index is 0.0449. The van der Waals surface area contributed by atoms with E-state index in [4.69, 9.17) is 9.47 Å². The van der Waals surface area contributed by atoms with E-state index in [2.05, 4.69) is 20.4 Å². The second-order valence-corrected chi connectivity index (χ2v) is 6.83. The van der Waals surface area contributed by atoms with Crippen LogP contribution in [0.15, 0.2) is 12.2 Å². The number of fused-ring (bicyclic) bond motifs is 1. The Kier molecular flexibility index (Phi) is 1.84. The van der Waals surface area contributed by atoms with E-state index in [0.717, 1.165) is 19.3 Å². The summed E-state index contributed by atoms with van der Waals surface area (Å²) in [6, 6.07) is 0. The number of carbonyl (C=O) groups excluding carboxylic acids is 1. The van der Waals surface area contributed by atoms with Gasteiger partial charge >= 0.3 is 5.97 Å². The quantitative estimate of drug-likeness (QED) is 0.375. The van der Waals surface area contributed by atoms with E-state index >= 15 is 0 Å². The van der Waals surface area contributed by atoms with E-state index in [-0.39, 0.29) is 29.2 Å². The minimum Gasteiger partial charge on any atom is -0.452 e.